The summed E-state index contributed by atoms with van der Waals surface area (Å²) in [5.41, 5.74) is 7.02. The van der Waals surface area contributed by atoms with Crippen molar-refractivity contribution in [3.05, 3.63) is 59.9 Å². The number of hydrogen-bond donors (Lipinski definition) is 2. The van der Waals surface area contributed by atoms with Gasteiger partial charge in [-0.3, -0.25) is 14.8 Å². The molecular formula is C22H24N6O2. The molecular weight excluding hydrogens is 380 g/mol. The van der Waals surface area contributed by atoms with E-state index in [9.17, 15) is 4.79 Å². The number of nitrogens with one attached hydrogen (secondary N) is 2. The molecule has 0 aliphatic heterocycles. The van der Waals surface area contributed by atoms with Crippen molar-refractivity contribution in [3.63, 3.8) is 0 Å². The maximum atomic E-state index is 11.8. The molecule has 1 amide bonds. The molecule has 0 bridgehead atoms. The number of fused-ring (bicyclic) bond motifs is 2. The van der Waals surface area contributed by atoms with Crippen molar-refractivity contribution in [1.82, 2.24) is 25.2 Å². The van der Waals surface area contributed by atoms with E-state index >= 15 is 0 Å². The van der Waals surface area contributed by atoms with E-state index in [1.807, 2.05) is 28.9 Å². The summed E-state index contributed by atoms with van der Waals surface area (Å²) < 4.78 is 7.17. The maximum Gasteiger partial charge on any atom is 0.428 e. The Morgan fingerprint density at radius 1 is 1.23 bits per heavy atom. The van der Waals surface area contributed by atoms with Crippen LogP contribution in [0.4, 0.5) is 4.79 Å². The topological polar surface area (TPSA) is 97.2 Å². The van der Waals surface area contributed by atoms with Crippen molar-refractivity contribution in [2.24, 2.45) is 5.10 Å². The molecule has 0 radical (unpaired) electrons. The molecule has 1 aromatic carbocycles. The van der Waals surface area contributed by atoms with Crippen LogP contribution in [0.3, 0.4) is 0 Å². The molecule has 3 heterocycles. The zero-order valence-electron chi connectivity index (χ0n) is 17.4. The Morgan fingerprint density at radius 3 is 2.87 bits per heavy atom. The smallest absolute Gasteiger partial charge is 0.428 e. The largest absolute Gasteiger partial charge is 0.443 e. The number of hydrogen-bond acceptors (Lipinski definition) is 5. The second kappa shape index (κ2) is 7.62. The average Bonchev–Trinajstić information content (AvgIpc) is 2.69. The van der Waals surface area contributed by atoms with Crippen molar-refractivity contribution < 1.29 is 9.53 Å². The molecule has 8 nitrogen and oxygen atoms in total. The predicted octanol–water partition coefficient (Wildman–Crippen LogP) is 4.21. The van der Waals surface area contributed by atoms with Gasteiger partial charge in [0.2, 0.25) is 0 Å². The Hall–Kier alpha value is -3.68. The molecule has 0 unspecified atom stereocenters. The number of amides is 1. The second-order valence-electron chi connectivity index (χ2n) is 8.11. The highest BCUT2D eigenvalue weighted by Crippen LogP contribution is 2.18. The maximum absolute atomic E-state index is 11.8. The summed E-state index contributed by atoms with van der Waals surface area (Å²) in [6.45, 7) is 7.86. The summed E-state index contributed by atoms with van der Waals surface area (Å²) in [4.78, 5) is 20.8. The highest BCUT2D eigenvalue weighted by molar-refractivity contribution is 5.98. The summed E-state index contributed by atoms with van der Waals surface area (Å²) in [5, 5.41) is 8.49. The van der Waals surface area contributed by atoms with Crippen LogP contribution >= 0.6 is 0 Å². The van der Waals surface area contributed by atoms with E-state index in [1.54, 1.807) is 33.9 Å². The van der Waals surface area contributed by atoms with Gasteiger partial charge in [0.05, 0.1) is 29.0 Å². The van der Waals surface area contributed by atoms with Gasteiger partial charge in [0, 0.05) is 11.6 Å². The number of H-pyrrole nitrogens is 1. The highest BCUT2D eigenvalue weighted by atomic mass is 16.6. The van der Waals surface area contributed by atoms with Crippen molar-refractivity contribution in [1.29, 1.82) is 0 Å². The molecule has 4 aromatic rings. The minimum absolute atomic E-state index is 0.577. The Bertz CT molecular complexity index is 1250. The summed E-state index contributed by atoms with van der Waals surface area (Å²) in [7, 11) is 0. The van der Waals surface area contributed by atoms with Crippen LogP contribution in [-0.2, 0) is 11.3 Å². The normalized spacial score (nSPS) is 12.5. The van der Waals surface area contributed by atoms with Crippen LogP contribution in [0.1, 0.15) is 39.0 Å². The van der Waals surface area contributed by atoms with Gasteiger partial charge in [-0.1, -0.05) is 12.1 Å². The summed E-state index contributed by atoms with van der Waals surface area (Å²) in [6, 6.07) is 14.0. The number of rotatable bonds is 4. The molecule has 0 saturated carbocycles. The fraction of sp³-hybridized carbons (Fsp3) is 0.273. The van der Waals surface area contributed by atoms with Gasteiger partial charge in [0.15, 0.2) is 5.65 Å². The van der Waals surface area contributed by atoms with Gasteiger partial charge in [-0.05, 0) is 63.6 Å². The van der Waals surface area contributed by atoms with E-state index in [0.29, 0.717) is 18.0 Å². The predicted molar refractivity (Wildman–Crippen MR) is 117 cm³/mol. The lowest BCUT2D eigenvalue weighted by atomic mass is 10.1. The van der Waals surface area contributed by atoms with Gasteiger partial charge >= 0.3 is 6.09 Å². The van der Waals surface area contributed by atoms with Gasteiger partial charge in [0.1, 0.15) is 5.60 Å². The summed E-state index contributed by atoms with van der Waals surface area (Å²) in [6.07, 6.45) is 1.20. The Labute approximate surface area is 173 Å². The van der Waals surface area contributed by atoms with Gasteiger partial charge in [-0.15, -0.1) is 0 Å². The fourth-order valence-electron chi connectivity index (χ4n) is 3.10. The number of carbonyl (C=O) groups is 1. The Balaban J connectivity index is 1.51. The van der Waals surface area contributed by atoms with Crippen molar-refractivity contribution >= 4 is 33.9 Å². The zero-order chi connectivity index (χ0) is 21.3. The highest BCUT2D eigenvalue weighted by Gasteiger charge is 2.16. The molecule has 0 spiro atoms. The number of hydrazone groups is 1. The van der Waals surface area contributed by atoms with Crippen LogP contribution in [-0.4, -0.2) is 37.2 Å². The Morgan fingerprint density at radius 2 is 2.07 bits per heavy atom. The van der Waals surface area contributed by atoms with Crippen LogP contribution in [0.2, 0.25) is 0 Å². The lowest BCUT2D eigenvalue weighted by Gasteiger charge is -2.18. The average molecular weight is 404 g/mol. The molecule has 0 aliphatic rings. The summed E-state index contributed by atoms with van der Waals surface area (Å²) >= 11 is 0. The monoisotopic (exact) mass is 404 g/mol. The van der Waals surface area contributed by atoms with Crippen LogP contribution in [0.5, 0.6) is 0 Å². The lowest BCUT2D eigenvalue weighted by Crippen LogP contribution is -2.30. The quantitative estimate of drug-likeness (QED) is 0.393. The van der Waals surface area contributed by atoms with Gasteiger partial charge in [-0.2, -0.15) is 5.10 Å². The zero-order valence-corrected chi connectivity index (χ0v) is 17.4. The van der Waals surface area contributed by atoms with E-state index in [1.165, 1.54) is 0 Å². The standard InChI is InChI=1S/C22H24N6O2/c1-14(25-26-21(29)30-22(2,3)4)17-9-10-19-20(24-17)28(27-19)13-15-7-8-18-16(12-15)6-5-11-23-18/h5-12,27H,13H2,1-4H3,(H,26,29)/b25-14+. The summed E-state index contributed by atoms with van der Waals surface area (Å²) in [5.74, 6) is 0. The Kier molecular flexibility index (Phi) is 4.99. The van der Waals surface area contributed by atoms with E-state index in [0.717, 1.165) is 27.6 Å². The first kappa shape index (κ1) is 19.6. The van der Waals surface area contributed by atoms with Crippen LogP contribution in [0, 0.1) is 0 Å². The van der Waals surface area contributed by atoms with E-state index in [4.69, 9.17) is 4.74 Å². The fourth-order valence-corrected chi connectivity index (χ4v) is 3.10. The lowest BCUT2D eigenvalue weighted by molar-refractivity contribution is 0.0529. The second-order valence-corrected chi connectivity index (χ2v) is 8.11. The number of nitrogens with zero attached hydrogens (tertiary/aromatic N) is 4. The molecule has 0 fully saturated rings. The molecule has 0 aliphatic carbocycles. The van der Waals surface area contributed by atoms with Crippen molar-refractivity contribution in [3.8, 4) is 0 Å². The molecule has 4 rings (SSSR count). The van der Waals surface area contributed by atoms with E-state index in [-0.39, 0.29) is 0 Å². The van der Waals surface area contributed by atoms with Gasteiger partial charge < -0.3 is 4.74 Å². The number of benzene rings is 1. The minimum atomic E-state index is -0.597. The van der Waals surface area contributed by atoms with Crippen LogP contribution in [0.25, 0.3) is 22.1 Å². The number of aromatic amines is 1. The third-order valence-corrected chi connectivity index (χ3v) is 4.48. The SMILES string of the molecule is C/C(=N\NC(=O)OC(C)(C)C)c1ccc2[nH]n(Cc3ccc4ncccc4c3)c2n1. The first-order valence-corrected chi connectivity index (χ1v) is 9.71. The molecule has 2 N–H and O–H groups in total. The molecule has 30 heavy (non-hydrogen) atoms. The molecule has 8 heteroatoms. The first-order chi connectivity index (χ1) is 14.3. The van der Waals surface area contributed by atoms with Crippen LogP contribution in [0.15, 0.2) is 53.8 Å². The molecule has 0 saturated heterocycles. The van der Waals surface area contributed by atoms with E-state index < -0.39 is 11.7 Å². The van der Waals surface area contributed by atoms with Gasteiger partial charge in [-0.25, -0.2) is 15.2 Å². The number of carbonyl (C=O) groups excluding carboxylic acids is 1. The third-order valence-electron chi connectivity index (χ3n) is 4.48. The van der Waals surface area contributed by atoms with Crippen molar-refractivity contribution in [2.45, 2.75) is 39.8 Å². The first-order valence-electron chi connectivity index (χ1n) is 9.71. The number of aromatic nitrogens is 4. The third kappa shape index (κ3) is 4.32. The van der Waals surface area contributed by atoms with Gasteiger partial charge in [0.25, 0.3) is 0 Å². The molecule has 0 atom stereocenters. The molecule has 154 valence electrons. The molecule has 3 aromatic heterocycles. The van der Waals surface area contributed by atoms with Crippen LogP contribution < -0.4 is 5.43 Å². The number of pyridine rings is 2. The van der Waals surface area contributed by atoms with Crippen molar-refractivity contribution in [2.75, 3.05) is 0 Å². The minimum Gasteiger partial charge on any atom is -0.443 e. The van der Waals surface area contributed by atoms with E-state index in [2.05, 4.69) is 43.8 Å². The number of ether oxygens (including phenoxy) is 1.